The first kappa shape index (κ1) is 31.0. The number of hydrogen-bond acceptors (Lipinski definition) is 10. The Hall–Kier alpha value is -4.39. The molecule has 2 aromatic heterocycles. The predicted molar refractivity (Wildman–Crippen MR) is 148 cm³/mol. The van der Waals surface area contributed by atoms with Crippen molar-refractivity contribution in [3.63, 3.8) is 0 Å². The van der Waals surface area contributed by atoms with Crippen molar-refractivity contribution in [2.24, 2.45) is 0 Å². The van der Waals surface area contributed by atoms with E-state index >= 15 is 0 Å². The van der Waals surface area contributed by atoms with Gasteiger partial charge in [-0.3, -0.25) is 29.3 Å². The van der Waals surface area contributed by atoms with Crippen LogP contribution in [-0.2, 0) is 37.4 Å². The predicted octanol–water partition coefficient (Wildman–Crippen LogP) is 0.0564. The van der Waals surface area contributed by atoms with Gasteiger partial charge in [0.05, 0.1) is 12.1 Å². The Morgan fingerprint density at radius 1 is 0.841 bits per heavy atom. The molecule has 4 aliphatic rings. The molecule has 4 aliphatic heterocycles. The zero-order valence-electron chi connectivity index (χ0n) is 23.4. The van der Waals surface area contributed by atoms with Crippen molar-refractivity contribution >= 4 is 34.3 Å². The summed E-state index contributed by atoms with van der Waals surface area (Å²) >= 11 is 0. The smallest absolute Gasteiger partial charge is 0.350 e. The summed E-state index contributed by atoms with van der Waals surface area (Å²) in [6, 6.07) is 4.13. The number of carbonyl (C=O) groups is 4. The highest BCUT2D eigenvalue weighted by Gasteiger charge is 2.49. The van der Waals surface area contributed by atoms with Crippen LogP contribution in [-0.4, -0.2) is 109 Å². The molecule has 0 radical (unpaired) electrons. The van der Waals surface area contributed by atoms with Crippen LogP contribution >= 0.6 is 0 Å². The van der Waals surface area contributed by atoms with E-state index in [0.29, 0.717) is 43.8 Å². The SMILES string of the molecule is O=C(NCc1cccnc1)[C@@H]1CC[C@@H]2CN1C(=O)N2O.O=C(NCc1cccnc1)[C@@H]1CC[C@@H]2CN1C(=O)N2OS(=O)(=O)O. The van der Waals surface area contributed by atoms with E-state index in [4.69, 9.17) is 4.55 Å². The number of nitrogens with zero attached hydrogens (tertiary/aromatic N) is 6. The summed E-state index contributed by atoms with van der Waals surface area (Å²) in [7, 11) is -4.79. The molecule has 0 aromatic carbocycles. The quantitative estimate of drug-likeness (QED) is 0.225. The Morgan fingerprint density at radius 3 is 1.84 bits per heavy atom. The number of hydroxylamine groups is 4. The van der Waals surface area contributed by atoms with Gasteiger partial charge < -0.3 is 20.4 Å². The Labute approximate surface area is 252 Å². The molecule has 6 rings (SSSR count). The first-order valence-electron chi connectivity index (χ1n) is 13.9. The first-order chi connectivity index (χ1) is 21.0. The average molecular weight is 633 g/mol. The number of urea groups is 2. The molecule has 2 aromatic rings. The van der Waals surface area contributed by atoms with E-state index in [2.05, 4.69) is 24.9 Å². The topological polar surface area (TPSA) is 215 Å². The second kappa shape index (κ2) is 13.1. The lowest BCUT2D eigenvalue weighted by atomic mass is 10.0. The van der Waals surface area contributed by atoms with Crippen molar-refractivity contribution in [2.75, 3.05) is 13.1 Å². The summed E-state index contributed by atoms with van der Waals surface area (Å²) in [6.07, 6.45) is 8.59. The van der Waals surface area contributed by atoms with E-state index in [1.54, 1.807) is 36.9 Å². The van der Waals surface area contributed by atoms with Gasteiger partial charge in [0.15, 0.2) is 0 Å². The lowest BCUT2D eigenvalue weighted by Gasteiger charge is -2.29. The molecule has 6 amide bonds. The van der Waals surface area contributed by atoms with Crippen molar-refractivity contribution in [3.8, 4) is 0 Å². The molecule has 0 aliphatic carbocycles. The number of amides is 6. The molecule has 236 valence electrons. The summed E-state index contributed by atoms with van der Waals surface area (Å²) in [5.74, 6) is -0.518. The van der Waals surface area contributed by atoms with Gasteiger partial charge in [0.2, 0.25) is 11.8 Å². The molecule has 4 bridgehead atoms. The normalized spacial score (nSPS) is 24.1. The molecule has 18 heteroatoms. The second-order valence-electron chi connectivity index (χ2n) is 10.7. The molecule has 0 unspecified atom stereocenters. The molecule has 17 nitrogen and oxygen atoms in total. The van der Waals surface area contributed by atoms with E-state index in [1.807, 2.05) is 12.1 Å². The van der Waals surface area contributed by atoms with E-state index in [9.17, 15) is 32.8 Å². The molecule has 4 N–H and O–H groups in total. The van der Waals surface area contributed by atoms with Gasteiger partial charge >= 0.3 is 22.5 Å². The zero-order chi connectivity index (χ0) is 31.4. The van der Waals surface area contributed by atoms with Crippen molar-refractivity contribution in [2.45, 2.75) is 62.9 Å². The molecule has 4 saturated heterocycles. The maximum absolute atomic E-state index is 12.3. The summed E-state index contributed by atoms with van der Waals surface area (Å²) in [5, 5.41) is 16.5. The van der Waals surface area contributed by atoms with Crippen LogP contribution in [0.1, 0.15) is 36.8 Å². The molecule has 4 atom stereocenters. The lowest BCUT2D eigenvalue weighted by molar-refractivity contribution is -0.127. The van der Waals surface area contributed by atoms with E-state index < -0.39 is 40.6 Å². The maximum Gasteiger partial charge on any atom is 0.418 e. The molecule has 0 spiro atoms. The second-order valence-corrected chi connectivity index (χ2v) is 11.7. The Bertz CT molecular complexity index is 1480. The fourth-order valence-corrected chi connectivity index (χ4v) is 6.04. The minimum atomic E-state index is -4.79. The third kappa shape index (κ3) is 7.04. The maximum atomic E-state index is 12.3. The zero-order valence-corrected chi connectivity index (χ0v) is 24.2. The van der Waals surface area contributed by atoms with Gasteiger partial charge in [-0.1, -0.05) is 12.1 Å². The van der Waals surface area contributed by atoms with Crippen LogP contribution in [0, 0.1) is 0 Å². The van der Waals surface area contributed by atoms with Crippen LogP contribution in [0.2, 0.25) is 0 Å². The summed E-state index contributed by atoms with van der Waals surface area (Å²) < 4.78 is 34.7. The van der Waals surface area contributed by atoms with Gasteiger partial charge in [0, 0.05) is 51.0 Å². The fraction of sp³-hybridized carbons (Fsp3) is 0.462. The van der Waals surface area contributed by atoms with Gasteiger partial charge in [-0.15, -0.1) is 4.28 Å². The van der Waals surface area contributed by atoms with Crippen molar-refractivity contribution < 1.29 is 41.6 Å². The summed E-state index contributed by atoms with van der Waals surface area (Å²) in [5.41, 5.74) is 1.73. The minimum absolute atomic E-state index is 0.166. The average Bonchev–Trinajstić information content (AvgIpc) is 3.38. The molecule has 4 fully saturated rings. The Morgan fingerprint density at radius 2 is 1.34 bits per heavy atom. The third-order valence-corrected chi connectivity index (χ3v) is 8.18. The van der Waals surface area contributed by atoms with E-state index in [0.717, 1.165) is 16.2 Å². The van der Waals surface area contributed by atoms with E-state index in [1.165, 1.54) is 9.80 Å². The van der Waals surface area contributed by atoms with Gasteiger partial charge in [0.25, 0.3) is 0 Å². The highest BCUT2D eigenvalue weighted by Crippen LogP contribution is 2.31. The minimum Gasteiger partial charge on any atom is -0.350 e. The number of carbonyl (C=O) groups excluding carboxylic acids is 4. The molecule has 6 heterocycles. The highest BCUT2D eigenvalue weighted by molar-refractivity contribution is 7.80. The molecular weight excluding hydrogens is 600 g/mol. The van der Waals surface area contributed by atoms with Gasteiger partial charge in [0.1, 0.15) is 12.1 Å². The summed E-state index contributed by atoms with van der Waals surface area (Å²) in [6.45, 7) is 1.25. The molecule has 0 saturated carbocycles. The number of aromatic nitrogens is 2. The molecule has 44 heavy (non-hydrogen) atoms. The fourth-order valence-electron chi connectivity index (χ4n) is 5.65. The molecular formula is C26H32N8O9S. The van der Waals surface area contributed by atoms with Crippen LogP contribution in [0.25, 0.3) is 0 Å². The summed E-state index contributed by atoms with van der Waals surface area (Å²) in [4.78, 5) is 59.1. The standard InChI is InChI=1S/C13H16N4O6S.C13H16N4O3/c18-12(15-7-9-2-1-5-14-6-9)11-4-3-10-8-16(11)13(19)17(10)23-24(20,21)22;18-12(15-7-9-2-1-5-14-6-9)11-4-3-10-8-16(11)13(19)17(10)20/h1-2,5-6,10-11H,3-4,7-8H2,(H,15,18)(H,20,21,22);1-2,5-6,10-11,20H,3-4,7-8H2,(H,15,18)/t2*10-,11+/m11/s1. The monoisotopic (exact) mass is 632 g/mol. The number of rotatable bonds is 8. The van der Waals surface area contributed by atoms with Gasteiger partial charge in [-0.2, -0.15) is 13.5 Å². The Balaban J connectivity index is 0.000000177. The van der Waals surface area contributed by atoms with Crippen LogP contribution in [0.15, 0.2) is 49.1 Å². The number of hydrogen-bond donors (Lipinski definition) is 4. The van der Waals surface area contributed by atoms with Gasteiger partial charge in [-0.05, 0) is 48.9 Å². The number of fused-ring (bicyclic) bond motifs is 4. The number of nitrogens with one attached hydrogen (secondary N) is 2. The largest absolute Gasteiger partial charge is 0.418 e. The van der Waals surface area contributed by atoms with Crippen LogP contribution in [0.5, 0.6) is 0 Å². The number of pyridine rings is 2. The van der Waals surface area contributed by atoms with Crippen LogP contribution in [0.3, 0.4) is 0 Å². The lowest BCUT2D eigenvalue weighted by Crippen LogP contribution is -2.49. The van der Waals surface area contributed by atoms with Gasteiger partial charge in [-0.25, -0.2) is 14.7 Å². The Kier molecular flexibility index (Phi) is 9.23. The number of piperidine rings is 2. The van der Waals surface area contributed by atoms with Crippen molar-refractivity contribution in [3.05, 3.63) is 60.2 Å². The van der Waals surface area contributed by atoms with Crippen molar-refractivity contribution in [1.29, 1.82) is 0 Å². The van der Waals surface area contributed by atoms with Crippen molar-refractivity contribution in [1.82, 2.24) is 40.5 Å². The van der Waals surface area contributed by atoms with Crippen LogP contribution in [0.4, 0.5) is 9.59 Å². The van der Waals surface area contributed by atoms with E-state index in [-0.39, 0.29) is 30.9 Å². The first-order valence-corrected chi connectivity index (χ1v) is 15.3. The third-order valence-electron chi connectivity index (χ3n) is 7.83. The van der Waals surface area contributed by atoms with Crippen LogP contribution < -0.4 is 10.6 Å². The highest BCUT2D eigenvalue weighted by atomic mass is 32.3.